The molecule has 1 nitrogen and oxygen atoms in total. The lowest BCUT2D eigenvalue weighted by Crippen LogP contribution is -2.50. The number of rotatable bonds is 0. The third-order valence-electron chi connectivity index (χ3n) is 6.95. The number of fused-ring (bicyclic) bond motifs is 4. The van der Waals surface area contributed by atoms with Crippen molar-refractivity contribution in [2.45, 2.75) is 59.5 Å². The molecule has 0 heterocycles. The molecule has 0 saturated heterocycles. The van der Waals surface area contributed by atoms with E-state index in [2.05, 4.69) is 27.7 Å². The Morgan fingerprint density at radius 1 is 1.12 bits per heavy atom. The first-order valence-corrected chi connectivity index (χ1v) is 7.06. The van der Waals surface area contributed by atoms with E-state index in [0.29, 0.717) is 5.41 Å². The third-order valence-corrected chi connectivity index (χ3v) is 6.95. The van der Waals surface area contributed by atoms with Gasteiger partial charge >= 0.3 is 0 Å². The molecule has 3 saturated carbocycles. The Balaban J connectivity index is 2.05. The Hall–Kier alpha value is -0.0400. The SMILES string of the molecule is C[C@H]1CC[C@H]2[C@@H]1[C@H]1C[C@H](O)[C@](C)(C1)C2(C)C. The van der Waals surface area contributed by atoms with E-state index < -0.39 is 0 Å². The summed E-state index contributed by atoms with van der Waals surface area (Å²) in [6, 6.07) is 0. The van der Waals surface area contributed by atoms with Crippen LogP contribution in [0.25, 0.3) is 0 Å². The minimum atomic E-state index is -0.0506. The summed E-state index contributed by atoms with van der Waals surface area (Å²) in [7, 11) is 0. The second-order valence-electron chi connectivity index (χ2n) is 7.59. The molecule has 0 aromatic carbocycles. The molecule has 2 bridgehead atoms. The van der Waals surface area contributed by atoms with Crippen molar-refractivity contribution in [2.24, 2.45) is 34.5 Å². The van der Waals surface area contributed by atoms with Crippen molar-refractivity contribution >= 4 is 0 Å². The molecule has 92 valence electrons. The number of aliphatic hydroxyl groups excluding tert-OH is 1. The van der Waals surface area contributed by atoms with Gasteiger partial charge in [0.1, 0.15) is 0 Å². The molecule has 0 radical (unpaired) electrons. The molecule has 0 aliphatic heterocycles. The summed E-state index contributed by atoms with van der Waals surface area (Å²) in [4.78, 5) is 0. The van der Waals surface area contributed by atoms with E-state index in [0.717, 1.165) is 30.1 Å². The van der Waals surface area contributed by atoms with E-state index in [1.807, 2.05) is 0 Å². The lowest BCUT2D eigenvalue weighted by Gasteiger charge is -2.54. The first kappa shape index (κ1) is 11.1. The van der Waals surface area contributed by atoms with Crippen molar-refractivity contribution in [1.82, 2.24) is 0 Å². The van der Waals surface area contributed by atoms with Crippen LogP contribution in [0.1, 0.15) is 53.4 Å². The van der Waals surface area contributed by atoms with Crippen molar-refractivity contribution in [1.29, 1.82) is 0 Å². The van der Waals surface area contributed by atoms with Crippen molar-refractivity contribution < 1.29 is 5.11 Å². The van der Waals surface area contributed by atoms with Crippen LogP contribution in [0, 0.1) is 34.5 Å². The van der Waals surface area contributed by atoms with Gasteiger partial charge in [0.25, 0.3) is 0 Å². The van der Waals surface area contributed by atoms with E-state index in [-0.39, 0.29) is 11.5 Å². The molecule has 3 aliphatic carbocycles. The minimum absolute atomic E-state index is 0.0506. The molecule has 0 spiro atoms. The number of hydrogen-bond donors (Lipinski definition) is 1. The summed E-state index contributed by atoms with van der Waals surface area (Å²) in [5.41, 5.74) is 0.512. The predicted molar refractivity (Wildman–Crippen MR) is 66.0 cm³/mol. The van der Waals surface area contributed by atoms with Gasteiger partial charge < -0.3 is 5.11 Å². The van der Waals surface area contributed by atoms with Crippen LogP contribution >= 0.6 is 0 Å². The number of aliphatic hydroxyl groups is 1. The van der Waals surface area contributed by atoms with Gasteiger partial charge in [-0.05, 0) is 53.8 Å². The summed E-state index contributed by atoms with van der Waals surface area (Å²) >= 11 is 0. The zero-order valence-corrected chi connectivity index (χ0v) is 11.2. The van der Waals surface area contributed by atoms with Gasteiger partial charge in [0.15, 0.2) is 0 Å². The van der Waals surface area contributed by atoms with Crippen LogP contribution in [-0.2, 0) is 0 Å². The fourth-order valence-corrected chi connectivity index (χ4v) is 5.58. The standard InChI is InChI=1S/C15H26O/c1-9-5-6-11-13(9)10-7-12(16)15(4,8-10)14(11,2)3/h9-13,16H,5-8H2,1-4H3/t9-,10-,11-,12-,13-,15-/m0/s1. The molecule has 6 atom stereocenters. The molecule has 0 unspecified atom stereocenters. The van der Waals surface area contributed by atoms with Gasteiger partial charge in [-0.1, -0.05) is 34.1 Å². The molecular weight excluding hydrogens is 196 g/mol. The molecule has 3 aliphatic rings. The summed E-state index contributed by atoms with van der Waals surface area (Å²) in [5.74, 6) is 3.48. The molecule has 0 aromatic rings. The van der Waals surface area contributed by atoms with E-state index in [9.17, 15) is 5.11 Å². The highest BCUT2D eigenvalue weighted by Gasteiger charge is 2.64. The Bertz CT molecular complexity index is 309. The fourth-order valence-electron chi connectivity index (χ4n) is 5.58. The van der Waals surface area contributed by atoms with Crippen molar-refractivity contribution in [3.05, 3.63) is 0 Å². The monoisotopic (exact) mass is 222 g/mol. The first-order chi connectivity index (χ1) is 7.38. The molecular formula is C15H26O. The highest BCUT2D eigenvalue weighted by Crippen LogP contribution is 2.69. The Labute approximate surface area is 99.6 Å². The van der Waals surface area contributed by atoms with Gasteiger partial charge in [-0.25, -0.2) is 0 Å². The maximum atomic E-state index is 10.4. The Morgan fingerprint density at radius 2 is 1.81 bits per heavy atom. The molecule has 0 aromatic heterocycles. The molecule has 1 heteroatoms. The van der Waals surface area contributed by atoms with Crippen LogP contribution < -0.4 is 0 Å². The number of hydrogen-bond acceptors (Lipinski definition) is 1. The van der Waals surface area contributed by atoms with E-state index in [1.165, 1.54) is 19.3 Å². The van der Waals surface area contributed by atoms with Gasteiger partial charge in [-0.2, -0.15) is 0 Å². The van der Waals surface area contributed by atoms with Crippen molar-refractivity contribution in [3.8, 4) is 0 Å². The van der Waals surface area contributed by atoms with Crippen LogP contribution in [0.2, 0.25) is 0 Å². The highest BCUT2D eigenvalue weighted by molar-refractivity contribution is 5.13. The van der Waals surface area contributed by atoms with Gasteiger partial charge in [-0.15, -0.1) is 0 Å². The van der Waals surface area contributed by atoms with Crippen LogP contribution in [0.15, 0.2) is 0 Å². The van der Waals surface area contributed by atoms with Crippen molar-refractivity contribution in [3.63, 3.8) is 0 Å². The predicted octanol–water partition coefficient (Wildman–Crippen LogP) is 3.47. The minimum Gasteiger partial charge on any atom is -0.393 e. The summed E-state index contributed by atoms with van der Waals surface area (Å²) in [5, 5.41) is 10.4. The van der Waals surface area contributed by atoms with Crippen LogP contribution in [0.4, 0.5) is 0 Å². The highest BCUT2D eigenvalue weighted by atomic mass is 16.3. The van der Waals surface area contributed by atoms with Crippen molar-refractivity contribution in [2.75, 3.05) is 0 Å². The van der Waals surface area contributed by atoms with Gasteiger partial charge in [0.05, 0.1) is 6.10 Å². The van der Waals surface area contributed by atoms with Gasteiger partial charge in [-0.3, -0.25) is 0 Å². The maximum absolute atomic E-state index is 10.4. The second-order valence-corrected chi connectivity index (χ2v) is 7.59. The lowest BCUT2D eigenvalue weighted by molar-refractivity contribution is -0.0890. The lowest BCUT2D eigenvalue weighted by atomic mass is 9.51. The zero-order chi connectivity index (χ0) is 11.7. The Kier molecular flexibility index (Phi) is 2.11. The summed E-state index contributed by atoms with van der Waals surface area (Å²) < 4.78 is 0. The molecule has 3 rings (SSSR count). The van der Waals surface area contributed by atoms with Crippen LogP contribution in [0.5, 0.6) is 0 Å². The molecule has 16 heavy (non-hydrogen) atoms. The van der Waals surface area contributed by atoms with E-state index >= 15 is 0 Å². The molecule has 3 fully saturated rings. The first-order valence-electron chi connectivity index (χ1n) is 7.06. The fraction of sp³-hybridized carbons (Fsp3) is 1.00. The smallest absolute Gasteiger partial charge is 0.0601 e. The van der Waals surface area contributed by atoms with Gasteiger partial charge in [0.2, 0.25) is 0 Å². The van der Waals surface area contributed by atoms with Crippen LogP contribution in [0.3, 0.4) is 0 Å². The molecule has 0 amide bonds. The zero-order valence-electron chi connectivity index (χ0n) is 11.2. The van der Waals surface area contributed by atoms with E-state index in [4.69, 9.17) is 0 Å². The largest absolute Gasteiger partial charge is 0.393 e. The van der Waals surface area contributed by atoms with Gasteiger partial charge in [0, 0.05) is 0 Å². The third kappa shape index (κ3) is 1.06. The normalized spacial score (nSPS) is 58.7. The summed E-state index contributed by atoms with van der Waals surface area (Å²) in [6.07, 6.45) is 5.11. The second kappa shape index (κ2) is 3.04. The molecule has 1 N–H and O–H groups in total. The van der Waals surface area contributed by atoms with E-state index in [1.54, 1.807) is 0 Å². The average Bonchev–Trinajstić information content (AvgIpc) is 2.68. The summed E-state index contributed by atoms with van der Waals surface area (Å²) in [6.45, 7) is 9.63. The topological polar surface area (TPSA) is 20.2 Å². The maximum Gasteiger partial charge on any atom is 0.0601 e. The van der Waals surface area contributed by atoms with Crippen LogP contribution in [-0.4, -0.2) is 11.2 Å². The Morgan fingerprint density at radius 3 is 2.50 bits per heavy atom. The average molecular weight is 222 g/mol. The quantitative estimate of drug-likeness (QED) is 0.665.